The molecular formula is C8H6F5N. The fourth-order valence-electron chi connectivity index (χ4n) is 0.954. The topological polar surface area (TPSA) is 26.0 Å². The number of benzene rings is 1. The number of halogens is 5. The molecule has 0 unspecified atom stereocenters. The third-order valence-corrected chi connectivity index (χ3v) is 1.65. The fraction of sp³-hybridized carbons (Fsp3) is 0.250. The summed E-state index contributed by atoms with van der Waals surface area (Å²) in [4.78, 5) is 0. The minimum atomic E-state index is -3.08. The summed E-state index contributed by atoms with van der Waals surface area (Å²) in [6.07, 6.45) is -3.08. The molecule has 0 aliphatic heterocycles. The summed E-state index contributed by atoms with van der Waals surface area (Å²) < 4.78 is 62.0. The average Bonchev–Trinajstić information content (AvgIpc) is 2.09. The van der Waals surface area contributed by atoms with Crippen LogP contribution in [0, 0.1) is 17.5 Å². The van der Waals surface area contributed by atoms with Crippen molar-refractivity contribution in [3.05, 3.63) is 35.1 Å². The maximum atomic E-state index is 12.8. The molecule has 0 heterocycles. The molecule has 0 amide bonds. The van der Waals surface area contributed by atoms with E-state index in [1.165, 1.54) is 0 Å². The Balaban J connectivity index is 3.20. The standard InChI is InChI=1S/C8H6F5N/c9-3-1-4(7(14)8(12)13)6(11)5(10)2-3/h1-2,7-8H,14H2/t7-/m0/s1. The van der Waals surface area contributed by atoms with Crippen LogP contribution in [0.1, 0.15) is 11.6 Å². The predicted octanol–water partition coefficient (Wildman–Crippen LogP) is 2.37. The van der Waals surface area contributed by atoms with Crippen LogP contribution in [0.15, 0.2) is 12.1 Å². The lowest BCUT2D eigenvalue weighted by Gasteiger charge is -2.11. The maximum Gasteiger partial charge on any atom is 0.257 e. The van der Waals surface area contributed by atoms with Gasteiger partial charge in [-0.2, -0.15) is 0 Å². The van der Waals surface area contributed by atoms with Gasteiger partial charge in [-0.1, -0.05) is 0 Å². The van der Waals surface area contributed by atoms with E-state index in [-0.39, 0.29) is 6.07 Å². The zero-order valence-electron chi connectivity index (χ0n) is 6.78. The Morgan fingerprint density at radius 1 is 1.07 bits per heavy atom. The van der Waals surface area contributed by atoms with E-state index < -0.39 is 35.5 Å². The van der Waals surface area contributed by atoms with Gasteiger partial charge in [-0.15, -0.1) is 0 Å². The van der Waals surface area contributed by atoms with Gasteiger partial charge in [-0.05, 0) is 6.07 Å². The van der Waals surface area contributed by atoms with Crippen molar-refractivity contribution in [2.45, 2.75) is 12.5 Å². The molecule has 1 rings (SSSR count). The lowest BCUT2D eigenvalue weighted by atomic mass is 10.1. The first-order valence-corrected chi connectivity index (χ1v) is 3.61. The molecular weight excluding hydrogens is 205 g/mol. The third kappa shape index (κ3) is 2.01. The molecule has 0 bridgehead atoms. The lowest BCUT2D eigenvalue weighted by Crippen LogP contribution is -2.21. The monoisotopic (exact) mass is 211 g/mol. The van der Waals surface area contributed by atoms with Crippen molar-refractivity contribution in [2.24, 2.45) is 5.73 Å². The van der Waals surface area contributed by atoms with Crippen LogP contribution in [0.25, 0.3) is 0 Å². The smallest absolute Gasteiger partial charge is 0.257 e. The van der Waals surface area contributed by atoms with Crippen molar-refractivity contribution in [1.82, 2.24) is 0 Å². The van der Waals surface area contributed by atoms with Crippen LogP contribution >= 0.6 is 0 Å². The number of rotatable bonds is 2. The van der Waals surface area contributed by atoms with Gasteiger partial charge in [0, 0.05) is 11.6 Å². The predicted molar refractivity (Wildman–Crippen MR) is 39.2 cm³/mol. The summed E-state index contributed by atoms with van der Waals surface area (Å²) in [7, 11) is 0. The number of alkyl halides is 2. The molecule has 1 atom stereocenters. The lowest BCUT2D eigenvalue weighted by molar-refractivity contribution is 0.114. The van der Waals surface area contributed by atoms with Gasteiger partial charge in [0.2, 0.25) is 0 Å². The van der Waals surface area contributed by atoms with Gasteiger partial charge < -0.3 is 5.73 Å². The van der Waals surface area contributed by atoms with Crippen LogP contribution in [0.2, 0.25) is 0 Å². The molecule has 1 aromatic rings. The number of hydrogen-bond acceptors (Lipinski definition) is 1. The minimum Gasteiger partial charge on any atom is -0.319 e. The number of nitrogens with two attached hydrogens (primary N) is 1. The van der Waals surface area contributed by atoms with Gasteiger partial charge >= 0.3 is 0 Å². The minimum absolute atomic E-state index is 0.261. The fourth-order valence-corrected chi connectivity index (χ4v) is 0.954. The van der Waals surface area contributed by atoms with Crippen LogP contribution in [-0.4, -0.2) is 6.43 Å². The molecule has 0 radical (unpaired) electrons. The molecule has 6 heteroatoms. The molecule has 0 aromatic heterocycles. The molecule has 0 saturated heterocycles. The van der Waals surface area contributed by atoms with E-state index in [1.807, 2.05) is 0 Å². The Morgan fingerprint density at radius 3 is 2.14 bits per heavy atom. The quantitative estimate of drug-likeness (QED) is 0.589. The van der Waals surface area contributed by atoms with Gasteiger partial charge in [0.25, 0.3) is 6.43 Å². The molecule has 1 aromatic carbocycles. The average molecular weight is 211 g/mol. The van der Waals surface area contributed by atoms with Gasteiger partial charge in [-0.25, -0.2) is 22.0 Å². The van der Waals surface area contributed by atoms with Gasteiger partial charge in [0.05, 0.1) is 6.04 Å². The van der Waals surface area contributed by atoms with Gasteiger partial charge in [0.15, 0.2) is 11.6 Å². The summed E-state index contributed by atoms with van der Waals surface area (Å²) >= 11 is 0. The first-order valence-electron chi connectivity index (χ1n) is 3.61. The van der Waals surface area contributed by atoms with Crippen molar-refractivity contribution < 1.29 is 22.0 Å². The second-order valence-electron chi connectivity index (χ2n) is 2.65. The molecule has 0 saturated carbocycles. The SMILES string of the molecule is N[C@@H](c1cc(F)cc(F)c1F)C(F)F. The van der Waals surface area contributed by atoms with Crippen molar-refractivity contribution in [1.29, 1.82) is 0 Å². The Morgan fingerprint density at radius 2 is 1.64 bits per heavy atom. The van der Waals surface area contributed by atoms with Crippen molar-refractivity contribution in [2.75, 3.05) is 0 Å². The van der Waals surface area contributed by atoms with E-state index in [2.05, 4.69) is 0 Å². The summed E-state index contributed by atoms with van der Waals surface area (Å²) in [5.74, 6) is -4.22. The number of hydrogen-bond donors (Lipinski definition) is 1. The first-order chi connectivity index (χ1) is 6.43. The second-order valence-corrected chi connectivity index (χ2v) is 2.65. The zero-order valence-corrected chi connectivity index (χ0v) is 6.78. The van der Waals surface area contributed by atoms with Crippen molar-refractivity contribution in [3.63, 3.8) is 0 Å². The highest BCUT2D eigenvalue weighted by Crippen LogP contribution is 2.23. The Hall–Kier alpha value is -1.17. The van der Waals surface area contributed by atoms with Crippen LogP contribution < -0.4 is 5.73 Å². The highest BCUT2D eigenvalue weighted by Gasteiger charge is 2.23. The van der Waals surface area contributed by atoms with E-state index >= 15 is 0 Å². The van der Waals surface area contributed by atoms with E-state index in [0.717, 1.165) is 0 Å². The van der Waals surface area contributed by atoms with Crippen LogP contribution in [0.4, 0.5) is 22.0 Å². The third-order valence-electron chi connectivity index (χ3n) is 1.65. The van der Waals surface area contributed by atoms with E-state index in [4.69, 9.17) is 5.73 Å². The summed E-state index contributed by atoms with van der Waals surface area (Å²) in [6, 6.07) is -1.31. The molecule has 0 aliphatic rings. The van der Waals surface area contributed by atoms with E-state index in [0.29, 0.717) is 6.07 Å². The highest BCUT2D eigenvalue weighted by molar-refractivity contribution is 5.23. The maximum absolute atomic E-state index is 12.8. The van der Waals surface area contributed by atoms with Crippen molar-refractivity contribution >= 4 is 0 Å². The molecule has 0 fully saturated rings. The summed E-state index contributed by atoms with van der Waals surface area (Å²) in [5, 5.41) is 0. The molecule has 1 nitrogen and oxygen atoms in total. The Bertz CT molecular complexity index is 339. The van der Waals surface area contributed by atoms with Crippen LogP contribution in [0.3, 0.4) is 0 Å². The molecule has 78 valence electrons. The largest absolute Gasteiger partial charge is 0.319 e. The van der Waals surface area contributed by atoms with E-state index in [1.54, 1.807) is 0 Å². The Kier molecular flexibility index (Phi) is 3.05. The summed E-state index contributed by atoms with van der Waals surface area (Å²) in [5.41, 5.74) is 3.99. The van der Waals surface area contributed by atoms with Gasteiger partial charge in [-0.3, -0.25) is 0 Å². The Labute approximate surface area is 76.3 Å². The first kappa shape index (κ1) is 10.9. The molecule has 14 heavy (non-hydrogen) atoms. The van der Waals surface area contributed by atoms with E-state index in [9.17, 15) is 22.0 Å². The second kappa shape index (κ2) is 3.91. The molecule has 2 N–H and O–H groups in total. The van der Waals surface area contributed by atoms with Crippen LogP contribution in [-0.2, 0) is 0 Å². The molecule has 0 aliphatic carbocycles. The highest BCUT2D eigenvalue weighted by atomic mass is 19.3. The molecule has 0 spiro atoms. The zero-order chi connectivity index (χ0) is 10.9. The van der Waals surface area contributed by atoms with Crippen LogP contribution in [0.5, 0.6) is 0 Å². The normalized spacial score (nSPS) is 13.4. The van der Waals surface area contributed by atoms with Gasteiger partial charge in [0.1, 0.15) is 5.82 Å². The van der Waals surface area contributed by atoms with Crippen molar-refractivity contribution in [3.8, 4) is 0 Å². The summed E-state index contributed by atoms with van der Waals surface area (Å²) in [6.45, 7) is 0.